The van der Waals surface area contributed by atoms with Crippen LogP contribution in [0.2, 0.25) is 0 Å². The Labute approximate surface area is 74.5 Å². The predicted octanol–water partition coefficient (Wildman–Crippen LogP) is 0.898. The Balaban J connectivity index is 3.26. The Bertz CT molecular complexity index is 352. The number of nitrogens with zero attached hydrogens (tertiary/aromatic N) is 1. The highest BCUT2D eigenvalue weighted by atomic mass is 19.1. The van der Waals surface area contributed by atoms with E-state index in [9.17, 15) is 9.18 Å². The van der Waals surface area contributed by atoms with E-state index in [4.69, 9.17) is 5.73 Å². The van der Waals surface area contributed by atoms with Gasteiger partial charge >= 0.3 is 5.97 Å². The number of halogens is 1. The SMILES string of the molecule is COC(=O)c1ncc(C)c(F)c1N. The van der Waals surface area contributed by atoms with Crippen molar-refractivity contribution < 1.29 is 13.9 Å². The van der Waals surface area contributed by atoms with Crippen LogP contribution in [0.4, 0.5) is 10.1 Å². The van der Waals surface area contributed by atoms with Crippen LogP contribution in [0, 0.1) is 12.7 Å². The van der Waals surface area contributed by atoms with E-state index in [-0.39, 0.29) is 11.4 Å². The number of anilines is 1. The van der Waals surface area contributed by atoms with Crippen LogP contribution in [0.3, 0.4) is 0 Å². The maximum absolute atomic E-state index is 13.1. The van der Waals surface area contributed by atoms with Crippen molar-refractivity contribution in [1.29, 1.82) is 0 Å². The summed E-state index contributed by atoms with van der Waals surface area (Å²) < 4.78 is 17.5. The second-order valence-corrected chi connectivity index (χ2v) is 2.51. The molecule has 70 valence electrons. The fourth-order valence-electron chi connectivity index (χ4n) is 0.863. The number of pyridine rings is 1. The molecule has 0 saturated heterocycles. The standard InChI is InChI=1S/C8H9FN2O2/c1-4-3-11-7(8(12)13-2)6(10)5(4)9/h3H,10H2,1-2H3. The average molecular weight is 184 g/mol. The molecule has 0 aliphatic rings. The molecule has 0 unspecified atom stereocenters. The number of nitrogens with two attached hydrogens (primary N) is 1. The minimum atomic E-state index is -0.739. The molecule has 0 aromatic carbocycles. The third-order valence-corrected chi connectivity index (χ3v) is 1.60. The molecule has 0 aliphatic carbocycles. The van der Waals surface area contributed by atoms with Crippen LogP contribution < -0.4 is 5.73 Å². The molecule has 4 nitrogen and oxygen atoms in total. The van der Waals surface area contributed by atoms with Gasteiger partial charge in [-0.15, -0.1) is 0 Å². The molecule has 5 heteroatoms. The molecular weight excluding hydrogens is 175 g/mol. The van der Waals surface area contributed by atoms with Gasteiger partial charge in [0.2, 0.25) is 0 Å². The first-order valence-corrected chi connectivity index (χ1v) is 3.56. The summed E-state index contributed by atoms with van der Waals surface area (Å²) >= 11 is 0. The van der Waals surface area contributed by atoms with Gasteiger partial charge in [-0.3, -0.25) is 0 Å². The van der Waals surface area contributed by atoms with E-state index in [1.807, 2.05) is 0 Å². The van der Waals surface area contributed by atoms with Crippen molar-refractivity contribution in [2.24, 2.45) is 0 Å². The number of hydrogen-bond acceptors (Lipinski definition) is 4. The minimum absolute atomic E-state index is 0.189. The molecule has 0 radical (unpaired) electrons. The largest absolute Gasteiger partial charge is 0.464 e. The number of nitrogen functional groups attached to an aromatic ring is 1. The number of hydrogen-bond donors (Lipinski definition) is 1. The topological polar surface area (TPSA) is 65.2 Å². The van der Waals surface area contributed by atoms with E-state index in [0.717, 1.165) is 0 Å². The summed E-state index contributed by atoms with van der Waals surface area (Å²) in [4.78, 5) is 14.6. The third-order valence-electron chi connectivity index (χ3n) is 1.60. The zero-order valence-corrected chi connectivity index (χ0v) is 7.30. The number of aromatic nitrogens is 1. The monoisotopic (exact) mass is 184 g/mol. The maximum Gasteiger partial charge on any atom is 0.358 e. The van der Waals surface area contributed by atoms with Crippen LogP contribution >= 0.6 is 0 Å². The number of methoxy groups -OCH3 is 1. The van der Waals surface area contributed by atoms with Gasteiger partial charge in [-0.05, 0) is 6.92 Å². The molecular formula is C8H9FN2O2. The summed E-state index contributed by atoms with van der Waals surface area (Å²) in [5.41, 5.74) is 5.16. The Morgan fingerprint density at radius 1 is 1.69 bits per heavy atom. The lowest BCUT2D eigenvalue weighted by molar-refractivity contribution is 0.0595. The molecule has 0 fully saturated rings. The molecule has 1 rings (SSSR count). The second kappa shape index (κ2) is 3.38. The summed E-state index contributed by atoms with van der Waals surface area (Å²) in [5.74, 6) is -1.37. The second-order valence-electron chi connectivity index (χ2n) is 2.51. The first-order valence-electron chi connectivity index (χ1n) is 3.56. The average Bonchev–Trinajstić information content (AvgIpc) is 2.13. The van der Waals surface area contributed by atoms with Crippen molar-refractivity contribution in [3.05, 3.63) is 23.3 Å². The molecule has 0 aliphatic heterocycles. The highest BCUT2D eigenvalue weighted by Crippen LogP contribution is 2.17. The lowest BCUT2D eigenvalue weighted by atomic mass is 10.2. The predicted molar refractivity (Wildman–Crippen MR) is 44.7 cm³/mol. The Hall–Kier alpha value is -1.65. The third kappa shape index (κ3) is 1.58. The highest BCUT2D eigenvalue weighted by molar-refractivity contribution is 5.92. The number of ether oxygens (including phenoxy) is 1. The molecule has 0 amide bonds. The summed E-state index contributed by atoms with van der Waals surface area (Å²) in [7, 11) is 1.18. The first-order chi connectivity index (χ1) is 6.07. The zero-order valence-electron chi connectivity index (χ0n) is 7.30. The van der Waals surface area contributed by atoms with Gasteiger partial charge in [0.05, 0.1) is 7.11 Å². The van der Waals surface area contributed by atoms with Gasteiger partial charge < -0.3 is 10.5 Å². The molecule has 1 aromatic heterocycles. The summed E-state index contributed by atoms with van der Waals surface area (Å²) in [5, 5.41) is 0. The van der Waals surface area contributed by atoms with Gasteiger partial charge in [0.25, 0.3) is 0 Å². The van der Waals surface area contributed by atoms with E-state index in [1.54, 1.807) is 0 Å². The van der Waals surface area contributed by atoms with Gasteiger partial charge in [0.15, 0.2) is 11.5 Å². The van der Waals surface area contributed by atoms with Crippen molar-refractivity contribution in [2.75, 3.05) is 12.8 Å². The minimum Gasteiger partial charge on any atom is -0.464 e. The van der Waals surface area contributed by atoms with E-state index in [1.165, 1.54) is 20.2 Å². The summed E-state index contributed by atoms with van der Waals surface area (Å²) in [6, 6.07) is 0. The quantitative estimate of drug-likeness (QED) is 0.658. The fourth-order valence-corrected chi connectivity index (χ4v) is 0.863. The molecule has 1 heterocycles. The molecule has 13 heavy (non-hydrogen) atoms. The number of aryl methyl sites for hydroxylation is 1. The zero-order chi connectivity index (χ0) is 10.0. The van der Waals surface area contributed by atoms with Crippen molar-refractivity contribution >= 4 is 11.7 Å². The Morgan fingerprint density at radius 2 is 2.31 bits per heavy atom. The van der Waals surface area contributed by atoms with Gasteiger partial charge in [0, 0.05) is 11.8 Å². The van der Waals surface area contributed by atoms with E-state index < -0.39 is 11.8 Å². The molecule has 2 N–H and O–H groups in total. The first kappa shape index (κ1) is 9.44. The van der Waals surface area contributed by atoms with Crippen LogP contribution in [-0.4, -0.2) is 18.1 Å². The Kier molecular flexibility index (Phi) is 2.46. The van der Waals surface area contributed by atoms with Gasteiger partial charge in [-0.1, -0.05) is 0 Å². The van der Waals surface area contributed by atoms with E-state index in [0.29, 0.717) is 5.56 Å². The molecule has 1 aromatic rings. The van der Waals surface area contributed by atoms with Crippen LogP contribution in [0.1, 0.15) is 16.1 Å². The lowest BCUT2D eigenvalue weighted by Crippen LogP contribution is -2.10. The molecule has 0 bridgehead atoms. The van der Waals surface area contributed by atoms with Crippen LogP contribution in [0.15, 0.2) is 6.20 Å². The fraction of sp³-hybridized carbons (Fsp3) is 0.250. The lowest BCUT2D eigenvalue weighted by Gasteiger charge is -2.04. The van der Waals surface area contributed by atoms with Crippen molar-refractivity contribution in [3.8, 4) is 0 Å². The van der Waals surface area contributed by atoms with Crippen molar-refractivity contribution in [1.82, 2.24) is 4.98 Å². The van der Waals surface area contributed by atoms with Crippen LogP contribution in [0.5, 0.6) is 0 Å². The van der Waals surface area contributed by atoms with E-state index in [2.05, 4.69) is 9.72 Å². The maximum atomic E-state index is 13.1. The molecule has 0 spiro atoms. The molecule has 0 atom stereocenters. The van der Waals surface area contributed by atoms with Gasteiger partial charge in [-0.25, -0.2) is 14.2 Å². The number of carbonyl (C=O) groups excluding carboxylic acids is 1. The Morgan fingerprint density at radius 3 is 2.85 bits per heavy atom. The van der Waals surface area contributed by atoms with Crippen molar-refractivity contribution in [3.63, 3.8) is 0 Å². The van der Waals surface area contributed by atoms with E-state index >= 15 is 0 Å². The smallest absolute Gasteiger partial charge is 0.358 e. The highest BCUT2D eigenvalue weighted by Gasteiger charge is 2.16. The van der Waals surface area contributed by atoms with Crippen molar-refractivity contribution in [2.45, 2.75) is 6.92 Å². The summed E-state index contributed by atoms with van der Waals surface area (Å²) in [6.45, 7) is 1.51. The summed E-state index contributed by atoms with van der Waals surface area (Å²) in [6.07, 6.45) is 1.23. The number of rotatable bonds is 1. The van der Waals surface area contributed by atoms with Crippen LogP contribution in [0.25, 0.3) is 0 Å². The number of carbonyl (C=O) groups is 1. The van der Waals surface area contributed by atoms with Gasteiger partial charge in [-0.2, -0.15) is 0 Å². The van der Waals surface area contributed by atoms with Crippen LogP contribution in [-0.2, 0) is 4.74 Å². The van der Waals surface area contributed by atoms with Gasteiger partial charge in [0.1, 0.15) is 5.69 Å². The molecule has 0 saturated carbocycles. The normalized spacial score (nSPS) is 9.77. The number of esters is 1.